The highest BCUT2D eigenvalue weighted by Crippen LogP contribution is 2.41. The maximum atomic E-state index is 13.9. The van der Waals surface area contributed by atoms with Gasteiger partial charge >= 0.3 is 0 Å². The van der Waals surface area contributed by atoms with Crippen LogP contribution in [0.15, 0.2) is 140 Å². The summed E-state index contributed by atoms with van der Waals surface area (Å²) >= 11 is 0. The summed E-state index contributed by atoms with van der Waals surface area (Å²) < 4.78 is 18.7. The number of hydrogen-bond acceptors (Lipinski definition) is 2. The van der Waals surface area contributed by atoms with E-state index in [9.17, 15) is 4.39 Å². The molecular weight excluding hydrogens is 676 g/mol. The molecular formula is C50H35FN4. The molecule has 0 atom stereocenters. The van der Waals surface area contributed by atoms with Crippen LogP contribution >= 0.6 is 0 Å². The minimum absolute atomic E-state index is 0.277. The van der Waals surface area contributed by atoms with Gasteiger partial charge in [-0.05, 0) is 136 Å². The summed E-state index contributed by atoms with van der Waals surface area (Å²) in [6.07, 6.45) is 1.81. The zero-order valence-corrected chi connectivity index (χ0v) is 30.9. The second kappa shape index (κ2) is 11.6. The van der Waals surface area contributed by atoms with Gasteiger partial charge in [-0.1, -0.05) is 58.7 Å². The van der Waals surface area contributed by atoms with Crippen LogP contribution in [0.5, 0.6) is 0 Å². The lowest BCUT2D eigenvalue weighted by atomic mass is 9.98. The Hall–Kier alpha value is -6.85. The summed E-state index contributed by atoms with van der Waals surface area (Å²) in [4.78, 5) is 10.3. The van der Waals surface area contributed by atoms with E-state index in [1.165, 1.54) is 78.0 Å². The van der Waals surface area contributed by atoms with Crippen LogP contribution in [0.2, 0.25) is 0 Å². The van der Waals surface area contributed by atoms with Gasteiger partial charge in [-0.3, -0.25) is 4.98 Å². The van der Waals surface area contributed by atoms with Crippen molar-refractivity contribution in [1.82, 2.24) is 19.1 Å². The van der Waals surface area contributed by atoms with E-state index < -0.39 is 0 Å². The molecule has 0 fully saturated rings. The molecule has 55 heavy (non-hydrogen) atoms. The minimum Gasteiger partial charge on any atom is -0.309 e. The number of halogens is 1. The number of fused-ring (bicyclic) bond motifs is 12. The molecule has 0 aliphatic rings. The predicted molar refractivity (Wildman–Crippen MR) is 228 cm³/mol. The Morgan fingerprint density at radius 2 is 0.818 bits per heavy atom. The number of nitrogens with zero attached hydrogens (tertiary/aromatic N) is 4. The summed E-state index contributed by atoms with van der Waals surface area (Å²) in [5, 5.41) is 9.23. The van der Waals surface area contributed by atoms with Gasteiger partial charge < -0.3 is 9.13 Å². The topological polar surface area (TPSA) is 35.6 Å². The number of hydrogen-bond donors (Lipinski definition) is 0. The standard InChI is InChI=1S/C50H35FN4/c1-28-5-17-45-40(21-28)41-22-29(2)6-18-46(41)54(45)34-13-15-36-38(25-34)39-26-35(55-47-19-7-30(3)23-42(47)43-24-31(4)8-20-48(43)55)14-16-37(39)50-49(36)52-27-44(53-50)32-9-11-33(51)12-10-32/h5-27H,1-4H3. The summed E-state index contributed by atoms with van der Waals surface area (Å²) in [6.45, 7) is 8.63. The molecule has 3 aromatic heterocycles. The Bertz CT molecular complexity index is 3300. The van der Waals surface area contributed by atoms with E-state index in [4.69, 9.17) is 9.97 Å². The highest BCUT2D eigenvalue weighted by atomic mass is 19.1. The molecule has 0 amide bonds. The Morgan fingerprint density at radius 1 is 0.400 bits per heavy atom. The first-order valence-electron chi connectivity index (χ1n) is 18.7. The van der Waals surface area contributed by atoms with Crippen molar-refractivity contribution in [3.05, 3.63) is 168 Å². The second-order valence-corrected chi connectivity index (χ2v) is 15.2. The zero-order chi connectivity index (χ0) is 37.1. The zero-order valence-electron chi connectivity index (χ0n) is 30.9. The highest BCUT2D eigenvalue weighted by molar-refractivity contribution is 6.24. The van der Waals surface area contributed by atoms with Gasteiger partial charge in [-0.25, -0.2) is 9.37 Å². The van der Waals surface area contributed by atoms with Gasteiger partial charge in [0.1, 0.15) is 5.82 Å². The first kappa shape index (κ1) is 31.7. The van der Waals surface area contributed by atoms with Gasteiger partial charge in [-0.15, -0.1) is 0 Å². The Balaban J connectivity index is 1.25. The van der Waals surface area contributed by atoms with Gasteiger partial charge in [0.05, 0.1) is 45.0 Å². The molecule has 0 saturated carbocycles. The maximum Gasteiger partial charge on any atom is 0.123 e. The molecule has 4 nitrogen and oxygen atoms in total. The van der Waals surface area contributed by atoms with Crippen molar-refractivity contribution in [3.8, 4) is 22.6 Å². The van der Waals surface area contributed by atoms with Crippen molar-refractivity contribution in [2.75, 3.05) is 0 Å². The Morgan fingerprint density at radius 3 is 1.25 bits per heavy atom. The Kier molecular flexibility index (Phi) is 6.66. The summed E-state index contributed by atoms with van der Waals surface area (Å²) in [5.74, 6) is -0.277. The third-order valence-corrected chi connectivity index (χ3v) is 11.4. The van der Waals surface area contributed by atoms with Crippen LogP contribution in [0.1, 0.15) is 22.3 Å². The minimum atomic E-state index is -0.277. The molecule has 0 radical (unpaired) electrons. The average molecular weight is 711 g/mol. The first-order chi connectivity index (χ1) is 26.8. The van der Waals surface area contributed by atoms with Gasteiger partial charge in [-0.2, -0.15) is 0 Å². The fourth-order valence-corrected chi connectivity index (χ4v) is 8.79. The van der Waals surface area contributed by atoms with Crippen LogP contribution in [-0.2, 0) is 0 Å². The molecule has 0 N–H and O–H groups in total. The largest absolute Gasteiger partial charge is 0.309 e. The maximum absolute atomic E-state index is 13.9. The molecule has 0 aliphatic carbocycles. The van der Waals surface area contributed by atoms with Crippen LogP contribution in [0.3, 0.4) is 0 Å². The molecule has 262 valence electrons. The fraction of sp³-hybridized carbons (Fsp3) is 0.0800. The number of aromatic nitrogens is 4. The van der Waals surface area contributed by atoms with Crippen LogP contribution in [0, 0.1) is 33.5 Å². The van der Waals surface area contributed by atoms with Gasteiger partial charge in [0, 0.05) is 49.3 Å². The van der Waals surface area contributed by atoms with Gasteiger partial charge in [0.2, 0.25) is 0 Å². The Labute approximate surface area is 316 Å². The molecule has 0 bridgehead atoms. The fourth-order valence-electron chi connectivity index (χ4n) is 8.79. The van der Waals surface area contributed by atoms with Crippen molar-refractivity contribution < 1.29 is 4.39 Å². The number of rotatable bonds is 3. The molecule has 8 aromatic carbocycles. The monoisotopic (exact) mass is 710 g/mol. The van der Waals surface area contributed by atoms with E-state index in [2.05, 4.69) is 146 Å². The van der Waals surface area contributed by atoms with Crippen LogP contribution < -0.4 is 0 Å². The lowest BCUT2D eigenvalue weighted by Crippen LogP contribution is -1.98. The van der Waals surface area contributed by atoms with Crippen molar-refractivity contribution in [1.29, 1.82) is 0 Å². The molecule has 0 saturated heterocycles. The summed E-state index contributed by atoms with van der Waals surface area (Å²) in [7, 11) is 0. The smallest absolute Gasteiger partial charge is 0.123 e. The third kappa shape index (κ3) is 4.76. The van der Waals surface area contributed by atoms with Crippen molar-refractivity contribution in [2.24, 2.45) is 0 Å². The van der Waals surface area contributed by atoms with E-state index in [-0.39, 0.29) is 5.82 Å². The molecule has 0 aliphatic heterocycles. The number of aryl methyl sites for hydroxylation is 4. The van der Waals surface area contributed by atoms with Crippen molar-refractivity contribution in [2.45, 2.75) is 27.7 Å². The van der Waals surface area contributed by atoms with Gasteiger partial charge in [0.15, 0.2) is 0 Å². The van der Waals surface area contributed by atoms with E-state index in [1.807, 2.05) is 6.20 Å². The van der Waals surface area contributed by atoms with E-state index in [1.54, 1.807) is 12.1 Å². The van der Waals surface area contributed by atoms with E-state index in [0.717, 1.165) is 49.5 Å². The second-order valence-electron chi connectivity index (χ2n) is 15.2. The molecule has 0 spiro atoms. The van der Waals surface area contributed by atoms with E-state index >= 15 is 0 Å². The molecule has 0 unspecified atom stereocenters. The summed E-state index contributed by atoms with van der Waals surface area (Å²) in [6, 6.07) is 46.9. The van der Waals surface area contributed by atoms with Crippen LogP contribution in [0.4, 0.5) is 4.39 Å². The number of benzene rings is 8. The molecule has 3 heterocycles. The normalized spacial score (nSPS) is 12.1. The molecule has 5 heteroatoms. The van der Waals surface area contributed by atoms with E-state index in [0.29, 0.717) is 5.69 Å². The third-order valence-electron chi connectivity index (χ3n) is 11.4. The van der Waals surface area contributed by atoms with Crippen molar-refractivity contribution >= 4 is 76.2 Å². The highest BCUT2D eigenvalue weighted by Gasteiger charge is 2.19. The van der Waals surface area contributed by atoms with Crippen molar-refractivity contribution in [3.63, 3.8) is 0 Å². The average Bonchev–Trinajstić information content (AvgIpc) is 3.68. The quantitative estimate of drug-likeness (QED) is 0.171. The first-order valence-corrected chi connectivity index (χ1v) is 18.7. The SMILES string of the molecule is Cc1ccc2c(c1)c1cc(C)ccc1n2-c1ccc2c(c1)c1cc(-n3c4ccc(C)cc4c4cc(C)ccc43)ccc1c1nc(-c3ccc(F)cc3)cnc21. The van der Waals surface area contributed by atoms with Crippen LogP contribution in [0.25, 0.3) is 98.8 Å². The lowest BCUT2D eigenvalue weighted by molar-refractivity contribution is 0.628. The van der Waals surface area contributed by atoms with Crippen LogP contribution in [-0.4, -0.2) is 19.1 Å². The van der Waals surface area contributed by atoms with Gasteiger partial charge in [0.25, 0.3) is 0 Å². The molecule has 11 aromatic rings. The lowest BCUT2D eigenvalue weighted by Gasteiger charge is -2.15. The summed E-state index contributed by atoms with van der Waals surface area (Å²) in [5.41, 5.74) is 15.0. The molecule has 11 rings (SSSR count). The predicted octanol–water partition coefficient (Wildman–Crippen LogP) is 13.2.